The van der Waals surface area contributed by atoms with E-state index in [-0.39, 0.29) is 30.5 Å². The van der Waals surface area contributed by atoms with Gasteiger partial charge in [0.05, 0.1) is 13.2 Å². The number of hydrogen-bond acceptors (Lipinski definition) is 7. The van der Waals surface area contributed by atoms with Gasteiger partial charge in [0.1, 0.15) is 24.4 Å². The van der Waals surface area contributed by atoms with Gasteiger partial charge in [0.2, 0.25) is 6.41 Å². The molecule has 1 unspecified atom stereocenters. The summed E-state index contributed by atoms with van der Waals surface area (Å²) in [5, 5.41) is 3.41. The minimum atomic E-state index is -0.631. The van der Waals surface area contributed by atoms with E-state index in [2.05, 4.69) is 24.4 Å². The molecular weight excluding hydrogens is 362 g/mol. The predicted octanol–water partition coefficient (Wildman–Crippen LogP) is 2.71. The summed E-state index contributed by atoms with van der Waals surface area (Å²) in [5.41, 5.74) is 1.16. The number of hydrogen-bond donors (Lipinski definition) is 1. The van der Waals surface area contributed by atoms with Crippen molar-refractivity contribution in [1.29, 1.82) is 0 Å². The molecule has 7 heteroatoms. The highest BCUT2D eigenvalue weighted by molar-refractivity contribution is 5.18. The molecule has 3 aliphatic rings. The third-order valence-electron chi connectivity index (χ3n) is 5.36. The Balaban J connectivity index is 1.47. The molecule has 156 valence electrons. The zero-order chi connectivity index (χ0) is 19.9. The van der Waals surface area contributed by atoms with Crippen LogP contribution in [0.25, 0.3) is 0 Å². The van der Waals surface area contributed by atoms with Crippen LogP contribution in [0.2, 0.25) is 0 Å². The highest BCUT2D eigenvalue weighted by Gasteiger charge is 2.52. The van der Waals surface area contributed by atoms with Crippen LogP contribution in [0.15, 0.2) is 30.3 Å². The Kier molecular flexibility index (Phi) is 5.52. The first-order valence-corrected chi connectivity index (χ1v) is 9.98. The second kappa shape index (κ2) is 7.65. The first-order chi connectivity index (χ1) is 13.2. The molecule has 3 aliphatic heterocycles. The summed E-state index contributed by atoms with van der Waals surface area (Å²) in [6, 6.07) is 10.3. The van der Waals surface area contributed by atoms with Gasteiger partial charge in [0.15, 0.2) is 11.6 Å². The van der Waals surface area contributed by atoms with Gasteiger partial charge in [-0.05, 0) is 40.2 Å². The fourth-order valence-corrected chi connectivity index (χ4v) is 3.95. The van der Waals surface area contributed by atoms with Crippen molar-refractivity contribution in [2.45, 2.75) is 83.1 Å². The zero-order valence-corrected chi connectivity index (χ0v) is 17.2. The van der Waals surface area contributed by atoms with Gasteiger partial charge in [-0.3, -0.25) is 5.32 Å². The largest absolute Gasteiger partial charge is 0.348 e. The third kappa shape index (κ3) is 4.41. The average molecular weight is 393 g/mol. The molecule has 0 radical (unpaired) electrons. The average Bonchev–Trinajstić information content (AvgIpc) is 3.32. The molecule has 3 heterocycles. The summed E-state index contributed by atoms with van der Waals surface area (Å²) in [4.78, 5) is 0. The molecule has 28 heavy (non-hydrogen) atoms. The summed E-state index contributed by atoms with van der Waals surface area (Å²) in [7, 11) is 0. The normalized spacial score (nSPS) is 38.0. The van der Waals surface area contributed by atoms with Crippen molar-refractivity contribution in [1.82, 2.24) is 5.32 Å². The second-order valence-electron chi connectivity index (χ2n) is 8.57. The van der Waals surface area contributed by atoms with Crippen LogP contribution in [-0.2, 0) is 28.4 Å². The quantitative estimate of drug-likeness (QED) is 0.825. The SMILES string of the molecule is CC(NC1O[C@H]([C@H]2COC(C)(C)O2)[C@@H]([C@H]2COC(C)(C)O2)O1)c1ccccc1. The molecule has 0 spiro atoms. The molecule has 0 amide bonds. The number of nitrogens with one attached hydrogen (secondary N) is 1. The van der Waals surface area contributed by atoms with Crippen LogP contribution in [0, 0.1) is 0 Å². The molecule has 4 rings (SSSR count). The van der Waals surface area contributed by atoms with Gasteiger partial charge in [-0.1, -0.05) is 30.3 Å². The first kappa shape index (κ1) is 20.2. The van der Waals surface area contributed by atoms with Gasteiger partial charge >= 0.3 is 0 Å². The maximum absolute atomic E-state index is 6.25. The Morgan fingerprint density at radius 1 is 0.857 bits per heavy atom. The zero-order valence-electron chi connectivity index (χ0n) is 17.2. The fourth-order valence-electron chi connectivity index (χ4n) is 3.95. The molecule has 0 saturated carbocycles. The lowest BCUT2D eigenvalue weighted by Crippen LogP contribution is -2.45. The van der Waals surface area contributed by atoms with Crippen molar-refractivity contribution in [3.05, 3.63) is 35.9 Å². The summed E-state index contributed by atoms with van der Waals surface area (Å²) in [5.74, 6) is -1.26. The van der Waals surface area contributed by atoms with E-state index in [0.717, 1.165) is 5.56 Å². The van der Waals surface area contributed by atoms with Crippen molar-refractivity contribution < 1.29 is 28.4 Å². The monoisotopic (exact) mass is 393 g/mol. The van der Waals surface area contributed by atoms with E-state index in [1.54, 1.807) is 0 Å². The summed E-state index contributed by atoms with van der Waals surface area (Å²) in [6.07, 6.45) is -1.66. The smallest absolute Gasteiger partial charge is 0.217 e. The lowest BCUT2D eigenvalue weighted by molar-refractivity contribution is -0.165. The lowest BCUT2D eigenvalue weighted by atomic mass is 10.0. The molecule has 5 atom stereocenters. The summed E-state index contributed by atoms with van der Waals surface area (Å²) in [6.45, 7) is 10.6. The predicted molar refractivity (Wildman–Crippen MR) is 101 cm³/mol. The van der Waals surface area contributed by atoms with Crippen LogP contribution < -0.4 is 5.32 Å². The minimum absolute atomic E-state index is 0.0694. The molecule has 0 aromatic heterocycles. The molecule has 7 nitrogen and oxygen atoms in total. The Bertz CT molecular complexity index is 632. The van der Waals surface area contributed by atoms with Gasteiger partial charge in [0.25, 0.3) is 0 Å². The van der Waals surface area contributed by atoms with E-state index >= 15 is 0 Å². The van der Waals surface area contributed by atoms with Crippen molar-refractivity contribution in [2.24, 2.45) is 0 Å². The van der Waals surface area contributed by atoms with E-state index in [9.17, 15) is 0 Å². The Morgan fingerprint density at radius 3 is 1.79 bits per heavy atom. The number of benzene rings is 1. The van der Waals surface area contributed by atoms with Gasteiger partial charge in [-0.15, -0.1) is 0 Å². The molecule has 0 aliphatic carbocycles. The molecule has 1 aromatic rings. The Morgan fingerprint density at radius 2 is 1.36 bits per heavy atom. The molecule has 1 N–H and O–H groups in total. The van der Waals surface area contributed by atoms with Crippen LogP contribution in [-0.4, -0.2) is 55.6 Å². The Labute approximate surface area is 166 Å². The van der Waals surface area contributed by atoms with Crippen LogP contribution in [0.1, 0.15) is 46.2 Å². The first-order valence-electron chi connectivity index (χ1n) is 9.98. The maximum Gasteiger partial charge on any atom is 0.217 e. The highest BCUT2D eigenvalue weighted by Crippen LogP contribution is 2.36. The highest BCUT2D eigenvalue weighted by atomic mass is 16.8. The van der Waals surface area contributed by atoms with Crippen LogP contribution in [0.4, 0.5) is 0 Å². The third-order valence-corrected chi connectivity index (χ3v) is 5.36. The van der Waals surface area contributed by atoms with Gasteiger partial charge in [-0.2, -0.15) is 0 Å². The van der Waals surface area contributed by atoms with E-state index in [1.807, 2.05) is 45.9 Å². The van der Waals surface area contributed by atoms with Gasteiger partial charge in [0, 0.05) is 6.04 Å². The maximum atomic E-state index is 6.25. The summed E-state index contributed by atoms with van der Waals surface area (Å²) >= 11 is 0. The topological polar surface area (TPSA) is 67.4 Å². The van der Waals surface area contributed by atoms with Crippen LogP contribution >= 0.6 is 0 Å². The van der Waals surface area contributed by atoms with Crippen molar-refractivity contribution >= 4 is 0 Å². The summed E-state index contributed by atoms with van der Waals surface area (Å²) < 4.78 is 36.1. The van der Waals surface area contributed by atoms with E-state index in [1.165, 1.54) is 0 Å². The molecule has 3 saturated heterocycles. The number of rotatable bonds is 5. The van der Waals surface area contributed by atoms with Gasteiger partial charge in [-0.25, -0.2) is 0 Å². The van der Waals surface area contributed by atoms with E-state index in [4.69, 9.17) is 28.4 Å². The molecular formula is C21H31NO6. The molecule has 0 bridgehead atoms. The minimum Gasteiger partial charge on any atom is -0.348 e. The van der Waals surface area contributed by atoms with Crippen LogP contribution in [0.5, 0.6) is 0 Å². The van der Waals surface area contributed by atoms with Crippen molar-refractivity contribution in [3.63, 3.8) is 0 Å². The second-order valence-corrected chi connectivity index (χ2v) is 8.57. The Hall–Kier alpha value is -1.06. The fraction of sp³-hybridized carbons (Fsp3) is 0.714. The standard InChI is InChI=1S/C21H31NO6/c1-13(14-9-7-6-8-10-14)22-19-25-17(15-11-23-20(2,3)27-15)18(26-19)16-12-24-21(4,5)28-16/h6-10,13,15-19,22H,11-12H2,1-5H3/t13?,15-,16-,17-,18-/m1/s1. The van der Waals surface area contributed by atoms with E-state index in [0.29, 0.717) is 13.2 Å². The van der Waals surface area contributed by atoms with Crippen LogP contribution in [0.3, 0.4) is 0 Å². The van der Waals surface area contributed by atoms with Crippen molar-refractivity contribution in [3.8, 4) is 0 Å². The molecule has 1 aromatic carbocycles. The van der Waals surface area contributed by atoms with Crippen molar-refractivity contribution in [2.75, 3.05) is 13.2 Å². The number of ether oxygens (including phenoxy) is 6. The molecule has 3 fully saturated rings. The van der Waals surface area contributed by atoms with E-state index < -0.39 is 18.0 Å². The van der Waals surface area contributed by atoms with Gasteiger partial charge < -0.3 is 28.4 Å². The lowest BCUT2D eigenvalue weighted by Gasteiger charge is -2.26.